The molecule has 2 nitrogen and oxygen atoms in total. The van der Waals surface area contributed by atoms with E-state index in [2.05, 4.69) is 43.8 Å². The van der Waals surface area contributed by atoms with Crippen LogP contribution in [0.2, 0.25) is 0 Å². The Morgan fingerprint density at radius 2 is 2.18 bits per heavy atom. The van der Waals surface area contributed by atoms with Crippen LogP contribution in [0.5, 0.6) is 0 Å². The molecular weight excluding hydrogens is 400 g/mol. The third-order valence-corrected chi connectivity index (χ3v) is 4.06. The molecule has 1 unspecified atom stereocenters. The second-order valence-corrected chi connectivity index (χ2v) is 5.84. The van der Waals surface area contributed by atoms with Crippen molar-refractivity contribution in [2.75, 3.05) is 4.43 Å². The molecule has 0 spiro atoms. The molecule has 1 N–H and O–H groups in total. The van der Waals surface area contributed by atoms with Gasteiger partial charge < -0.3 is 5.32 Å². The SMILES string of the molecule is CC(C)C(CI)NC(=O)c1ccc(Br)c(F)c1. The van der Waals surface area contributed by atoms with Gasteiger partial charge in [0.25, 0.3) is 5.91 Å². The fraction of sp³-hybridized carbons (Fsp3) is 0.417. The molecule has 17 heavy (non-hydrogen) atoms. The van der Waals surface area contributed by atoms with Gasteiger partial charge in [-0.2, -0.15) is 0 Å². The van der Waals surface area contributed by atoms with Gasteiger partial charge in [-0.1, -0.05) is 36.4 Å². The Balaban J connectivity index is 2.79. The fourth-order valence-electron chi connectivity index (χ4n) is 1.27. The summed E-state index contributed by atoms with van der Waals surface area (Å²) in [5, 5.41) is 2.90. The van der Waals surface area contributed by atoms with Crippen LogP contribution in [0.1, 0.15) is 24.2 Å². The molecule has 0 saturated heterocycles. The lowest BCUT2D eigenvalue weighted by Crippen LogP contribution is -2.39. The largest absolute Gasteiger partial charge is 0.348 e. The van der Waals surface area contributed by atoms with Crippen molar-refractivity contribution in [3.8, 4) is 0 Å². The number of nitrogens with one attached hydrogen (secondary N) is 1. The number of carbonyl (C=O) groups excluding carboxylic acids is 1. The highest BCUT2D eigenvalue weighted by Crippen LogP contribution is 2.16. The molecule has 0 bridgehead atoms. The summed E-state index contributed by atoms with van der Waals surface area (Å²) in [6.45, 7) is 4.09. The van der Waals surface area contributed by atoms with E-state index in [0.717, 1.165) is 4.43 Å². The molecule has 0 radical (unpaired) electrons. The van der Waals surface area contributed by atoms with Gasteiger partial charge in [0.05, 0.1) is 4.47 Å². The lowest BCUT2D eigenvalue weighted by molar-refractivity contribution is 0.0931. The number of hydrogen-bond acceptors (Lipinski definition) is 1. The molecule has 0 aliphatic heterocycles. The van der Waals surface area contributed by atoms with Gasteiger partial charge in [-0.05, 0) is 40.0 Å². The van der Waals surface area contributed by atoms with Crippen molar-refractivity contribution < 1.29 is 9.18 Å². The van der Waals surface area contributed by atoms with E-state index in [-0.39, 0.29) is 11.9 Å². The molecule has 1 aromatic rings. The smallest absolute Gasteiger partial charge is 0.251 e. The van der Waals surface area contributed by atoms with Crippen LogP contribution in [0.15, 0.2) is 22.7 Å². The van der Waals surface area contributed by atoms with Crippen LogP contribution in [-0.4, -0.2) is 16.4 Å². The van der Waals surface area contributed by atoms with Crippen LogP contribution in [0.25, 0.3) is 0 Å². The van der Waals surface area contributed by atoms with E-state index in [9.17, 15) is 9.18 Å². The molecule has 0 fully saturated rings. The predicted octanol–water partition coefficient (Wildman–Crippen LogP) is 3.78. The number of rotatable bonds is 4. The van der Waals surface area contributed by atoms with Crippen LogP contribution in [0, 0.1) is 11.7 Å². The summed E-state index contributed by atoms with van der Waals surface area (Å²) in [5.74, 6) is -0.295. The van der Waals surface area contributed by atoms with E-state index >= 15 is 0 Å². The predicted molar refractivity (Wildman–Crippen MR) is 79.1 cm³/mol. The van der Waals surface area contributed by atoms with Gasteiger partial charge in [-0.15, -0.1) is 0 Å². The zero-order valence-electron chi connectivity index (χ0n) is 9.64. The Labute approximate surface area is 123 Å². The quantitative estimate of drug-likeness (QED) is 0.590. The van der Waals surface area contributed by atoms with E-state index in [0.29, 0.717) is 16.0 Å². The summed E-state index contributed by atoms with van der Waals surface area (Å²) in [4.78, 5) is 11.9. The minimum Gasteiger partial charge on any atom is -0.348 e. The third-order valence-electron chi connectivity index (χ3n) is 2.47. The monoisotopic (exact) mass is 413 g/mol. The number of hydrogen-bond donors (Lipinski definition) is 1. The molecule has 0 saturated carbocycles. The average Bonchev–Trinajstić information content (AvgIpc) is 2.28. The maximum atomic E-state index is 13.3. The zero-order valence-corrected chi connectivity index (χ0v) is 13.4. The Bertz CT molecular complexity index is 411. The van der Waals surface area contributed by atoms with Gasteiger partial charge in [-0.3, -0.25) is 4.79 Å². The molecule has 1 atom stereocenters. The second-order valence-electron chi connectivity index (χ2n) is 4.11. The highest BCUT2D eigenvalue weighted by Gasteiger charge is 2.16. The Morgan fingerprint density at radius 3 is 2.65 bits per heavy atom. The van der Waals surface area contributed by atoms with Crippen molar-refractivity contribution in [2.24, 2.45) is 5.92 Å². The van der Waals surface area contributed by atoms with E-state index in [1.807, 2.05) is 13.8 Å². The summed E-state index contributed by atoms with van der Waals surface area (Å²) < 4.78 is 14.5. The first-order valence-corrected chi connectivity index (χ1v) is 7.59. The van der Waals surface area contributed by atoms with Gasteiger partial charge in [0.15, 0.2) is 0 Å². The minimum atomic E-state index is -0.423. The van der Waals surface area contributed by atoms with E-state index in [1.54, 1.807) is 12.1 Å². The summed E-state index contributed by atoms with van der Waals surface area (Å²) in [5.41, 5.74) is 0.348. The molecule has 1 aromatic carbocycles. The summed E-state index contributed by atoms with van der Waals surface area (Å²) >= 11 is 5.29. The van der Waals surface area contributed by atoms with Crippen LogP contribution >= 0.6 is 38.5 Å². The van der Waals surface area contributed by atoms with Crippen LogP contribution < -0.4 is 5.32 Å². The van der Waals surface area contributed by atoms with Gasteiger partial charge in [-0.25, -0.2) is 4.39 Å². The van der Waals surface area contributed by atoms with Crippen molar-refractivity contribution in [3.63, 3.8) is 0 Å². The third kappa shape index (κ3) is 4.21. The number of amides is 1. The highest BCUT2D eigenvalue weighted by molar-refractivity contribution is 14.1. The topological polar surface area (TPSA) is 29.1 Å². The molecule has 0 aromatic heterocycles. The fourth-order valence-corrected chi connectivity index (χ4v) is 2.76. The maximum Gasteiger partial charge on any atom is 0.251 e. The van der Waals surface area contributed by atoms with Gasteiger partial charge in [0.1, 0.15) is 5.82 Å². The van der Waals surface area contributed by atoms with E-state index in [4.69, 9.17) is 0 Å². The first-order chi connectivity index (χ1) is 7.95. The molecule has 0 aliphatic carbocycles. The minimum absolute atomic E-state index is 0.106. The second kappa shape index (κ2) is 6.68. The molecule has 5 heteroatoms. The van der Waals surface area contributed by atoms with Crippen molar-refractivity contribution in [1.29, 1.82) is 0 Å². The molecule has 0 heterocycles. The standard InChI is InChI=1S/C12H14BrFINO/c1-7(2)11(6-15)16-12(17)8-3-4-9(13)10(14)5-8/h3-5,7,11H,6H2,1-2H3,(H,16,17). The molecular formula is C12H14BrFINO. The summed E-state index contributed by atoms with van der Waals surface area (Å²) in [6.07, 6.45) is 0. The van der Waals surface area contributed by atoms with Crippen molar-refractivity contribution in [2.45, 2.75) is 19.9 Å². The Kier molecular flexibility index (Phi) is 5.85. The number of carbonyl (C=O) groups is 1. The van der Waals surface area contributed by atoms with Crippen LogP contribution in [0.4, 0.5) is 4.39 Å². The van der Waals surface area contributed by atoms with Crippen LogP contribution in [-0.2, 0) is 0 Å². The van der Waals surface area contributed by atoms with Crippen molar-refractivity contribution >= 4 is 44.4 Å². The van der Waals surface area contributed by atoms with E-state index < -0.39 is 5.82 Å². The maximum absolute atomic E-state index is 13.3. The summed E-state index contributed by atoms with van der Waals surface area (Å²) in [6, 6.07) is 4.49. The lowest BCUT2D eigenvalue weighted by atomic mass is 10.1. The van der Waals surface area contributed by atoms with Crippen LogP contribution in [0.3, 0.4) is 0 Å². The van der Waals surface area contributed by atoms with Gasteiger partial charge in [0, 0.05) is 16.0 Å². The highest BCUT2D eigenvalue weighted by atomic mass is 127. The first-order valence-electron chi connectivity index (χ1n) is 5.27. The normalized spacial score (nSPS) is 12.6. The average molecular weight is 414 g/mol. The lowest BCUT2D eigenvalue weighted by Gasteiger charge is -2.20. The van der Waals surface area contributed by atoms with Gasteiger partial charge >= 0.3 is 0 Å². The Morgan fingerprint density at radius 1 is 1.53 bits per heavy atom. The van der Waals surface area contributed by atoms with Crippen molar-refractivity contribution in [1.82, 2.24) is 5.32 Å². The zero-order chi connectivity index (χ0) is 13.0. The molecule has 1 amide bonds. The van der Waals surface area contributed by atoms with Crippen molar-refractivity contribution in [3.05, 3.63) is 34.1 Å². The molecule has 94 valence electrons. The molecule has 0 aliphatic rings. The number of halogens is 3. The number of benzene rings is 1. The number of alkyl halides is 1. The summed E-state index contributed by atoms with van der Waals surface area (Å²) in [7, 11) is 0. The molecule has 1 rings (SSSR count). The first kappa shape index (κ1) is 14.9. The Hall–Kier alpha value is -0.170. The van der Waals surface area contributed by atoms with E-state index in [1.165, 1.54) is 6.07 Å². The van der Waals surface area contributed by atoms with Gasteiger partial charge in [0.2, 0.25) is 0 Å².